The number of hydrogen-bond donors (Lipinski definition) is 1. The summed E-state index contributed by atoms with van der Waals surface area (Å²) in [7, 11) is 5.62. The van der Waals surface area contributed by atoms with E-state index in [0.717, 1.165) is 5.75 Å². The summed E-state index contributed by atoms with van der Waals surface area (Å²) in [5.41, 5.74) is 2.39. The molecule has 1 amide bonds. The molecule has 0 aliphatic rings. The fraction of sp³-hybridized carbons (Fsp3) is 0.350. The first kappa shape index (κ1) is 18.8. The van der Waals surface area contributed by atoms with Gasteiger partial charge in [-0.15, -0.1) is 0 Å². The van der Waals surface area contributed by atoms with Gasteiger partial charge in [-0.25, -0.2) is 0 Å². The molecule has 0 spiro atoms. The van der Waals surface area contributed by atoms with E-state index in [1.54, 1.807) is 31.4 Å². The molecule has 2 aromatic carbocycles. The van der Waals surface area contributed by atoms with Crippen molar-refractivity contribution in [3.63, 3.8) is 0 Å². The van der Waals surface area contributed by atoms with E-state index in [1.807, 2.05) is 14.1 Å². The number of nitrogens with one attached hydrogen (secondary N) is 1. The van der Waals surface area contributed by atoms with Crippen LogP contribution in [-0.2, 0) is 4.79 Å². The molecular weight excluding hydrogens is 316 g/mol. The number of benzene rings is 2. The number of carbonyl (C=O) groups excluding carboxylic acids is 1. The zero-order chi connectivity index (χ0) is 18.2. The summed E-state index contributed by atoms with van der Waals surface area (Å²) >= 11 is 0. The molecule has 0 heterocycles. The van der Waals surface area contributed by atoms with Crippen molar-refractivity contribution in [1.82, 2.24) is 10.2 Å². The lowest BCUT2D eigenvalue weighted by molar-refractivity contribution is -0.123. The Labute approximate surface area is 149 Å². The predicted octanol–water partition coefficient (Wildman–Crippen LogP) is 2.80. The molecule has 5 nitrogen and oxygen atoms in total. The Morgan fingerprint density at radius 3 is 2.20 bits per heavy atom. The van der Waals surface area contributed by atoms with Crippen molar-refractivity contribution in [2.75, 3.05) is 34.4 Å². The lowest BCUT2D eigenvalue weighted by atomic mass is 10.0. The number of methoxy groups -OCH3 is 1. The molecule has 2 aromatic rings. The molecular formula is C20H26N2O3. The van der Waals surface area contributed by atoms with Crippen molar-refractivity contribution in [1.29, 1.82) is 0 Å². The van der Waals surface area contributed by atoms with Gasteiger partial charge in [0.15, 0.2) is 6.61 Å². The van der Waals surface area contributed by atoms with E-state index in [0.29, 0.717) is 12.3 Å². The summed E-state index contributed by atoms with van der Waals surface area (Å²) in [4.78, 5) is 14.2. The number of likely N-dealkylation sites (N-methyl/N-ethyl adjacent to an activating group) is 1. The van der Waals surface area contributed by atoms with Crippen LogP contribution in [0.15, 0.2) is 48.5 Å². The van der Waals surface area contributed by atoms with Crippen molar-refractivity contribution in [3.8, 4) is 11.5 Å². The Kier molecular flexibility index (Phi) is 6.83. The van der Waals surface area contributed by atoms with E-state index in [2.05, 4.69) is 41.4 Å². The second kappa shape index (κ2) is 9.08. The summed E-state index contributed by atoms with van der Waals surface area (Å²) in [5, 5.41) is 2.94. The Morgan fingerprint density at radius 2 is 1.64 bits per heavy atom. The second-order valence-corrected chi connectivity index (χ2v) is 6.16. The van der Waals surface area contributed by atoms with Gasteiger partial charge < -0.3 is 19.7 Å². The van der Waals surface area contributed by atoms with Crippen LogP contribution in [0.5, 0.6) is 11.5 Å². The number of amides is 1. The third-order valence-electron chi connectivity index (χ3n) is 4.01. The number of nitrogens with zero attached hydrogens (tertiary/aromatic N) is 1. The molecule has 0 saturated carbocycles. The van der Waals surface area contributed by atoms with Gasteiger partial charge in [0.2, 0.25) is 0 Å². The molecule has 2 rings (SSSR count). The molecule has 0 aliphatic heterocycles. The van der Waals surface area contributed by atoms with Crippen LogP contribution in [0, 0.1) is 6.92 Å². The van der Waals surface area contributed by atoms with Gasteiger partial charge in [0, 0.05) is 6.54 Å². The maximum Gasteiger partial charge on any atom is 0.258 e. The summed E-state index contributed by atoms with van der Waals surface area (Å²) in [6, 6.07) is 15.6. The summed E-state index contributed by atoms with van der Waals surface area (Å²) in [5.74, 6) is 1.25. The van der Waals surface area contributed by atoms with Crippen LogP contribution in [0.4, 0.5) is 0 Å². The number of aryl methyl sites for hydroxylation is 1. The van der Waals surface area contributed by atoms with Gasteiger partial charge in [0.05, 0.1) is 13.2 Å². The minimum absolute atomic E-state index is 0.0135. The van der Waals surface area contributed by atoms with Crippen molar-refractivity contribution in [3.05, 3.63) is 59.7 Å². The van der Waals surface area contributed by atoms with E-state index >= 15 is 0 Å². The summed E-state index contributed by atoms with van der Waals surface area (Å²) in [6.07, 6.45) is 0. The Morgan fingerprint density at radius 1 is 1.04 bits per heavy atom. The Balaban J connectivity index is 1.85. The van der Waals surface area contributed by atoms with Crippen LogP contribution in [-0.4, -0.2) is 45.2 Å². The van der Waals surface area contributed by atoms with Crippen LogP contribution in [0.3, 0.4) is 0 Å². The Bertz CT molecular complexity index is 666. The van der Waals surface area contributed by atoms with Crippen LogP contribution in [0.1, 0.15) is 17.2 Å². The van der Waals surface area contributed by atoms with Crippen molar-refractivity contribution in [2.24, 2.45) is 0 Å². The van der Waals surface area contributed by atoms with Crippen molar-refractivity contribution < 1.29 is 14.3 Å². The van der Waals surface area contributed by atoms with Gasteiger partial charge in [0.25, 0.3) is 5.91 Å². The topological polar surface area (TPSA) is 50.8 Å². The van der Waals surface area contributed by atoms with Crippen molar-refractivity contribution in [2.45, 2.75) is 13.0 Å². The zero-order valence-corrected chi connectivity index (χ0v) is 15.3. The number of ether oxygens (including phenoxy) is 2. The quantitative estimate of drug-likeness (QED) is 0.801. The van der Waals surface area contributed by atoms with E-state index in [9.17, 15) is 4.79 Å². The minimum Gasteiger partial charge on any atom is -0.497 e. The van der Waals surface area contributed by atoms with Gasteiger partial charge in [-0.3, -0.25) is 4.79 Å². The molecule has 0 fully saturated rings. The van der Waals surface area contributed by atoms with E-state index in [1.165, 1.54) is 11.1 Å². The molecule has 1 N–H and O–H groups in total. The molecule has 0 bridgehead atoms. The first-order valence-electron chi connectivity index (χ1n) is 8.26. The monoisotopic (exact) mass is 342 g/mol. The largest absolute Gasteiger partial charge is 0.497 e. The van der Waals surface area contributed by atoms with Crippen LogP contribution >= 0.6 is 0 Å². The number of carbonyl (C=O) groups is 1. The van der Waals surface area contributed by atoms with Gasteiger partial charge in [0.1, 0.15) is 11.5 Å². The van der Waals surface area contributed by atoms with Crippen LogP contribution < -0.4 is 14.8 Å². The third-order valence-corrected chi connectivity index (χ3v) is 4.01. The van der Waals surface area contributed by atoms with Crippen LogP contribution in [0.25, 0.3) is 0 Å². The number of rotatable bonds is 8. The Hall–Kier alpha value is -2.53. The average Bonchev–Trinajstić information content (AvgIpc) is 2.61. The first-order valence-corrected chi connectivity index (χ1v) is 8.26. The highest BCUT2D eigenvalue weighted by molar-refractivity contribution is 5.77. The average molecular weight is 342 g/mol. The third kappa shape index (κ3) is 5.80. The molecule has 0 saturated heterocycles. The molecule has 25 heavy (non-hydrogen) atoms. The fourth-order valence-electron chi connectivity index (χ4n) is 2.47. The minimum atomic E-state index is -0.144. The zero-order valence-electron chi connectivity index (χ0n) is 15.3. The predicted molar refractivity (Wildman–Crippen MR) is 99.1 cm³/mol. The molecule has 1 unspecified atom stereocenters. The fourth-order valence-corrected chi connectivity index (χ4v) is 2.47. The SMILES string of the molecule is COc1ccc(OCC(=O)NCC(c2ccc(C)cc2)N(C)C)cc1. The summed E-state index contributed by atoms with van der Waals surface area (Å²) < 4.78 is 10.6. The van der Waals surface area contributed by atoms with Gasteiger partial charge in [-0.1, -0.05) is 29.8 Å². The van der Waals surface area contributed by atoms with Crippen molar-refractivity contribution >= 4 is 5.91 Å². The van der Waals surface area contributed by atoms with Crippen LogP contribution in [0.2, 0.25) is 0 Å². The summed E-state index contributed by atoms with van der Waals surface area (Å²) in [6.45, 7) is 2.58. The molecule has 134 valence electrons. The highest BCUT2D eigenvalue weighted by atomic mass is 16.5. The normalized spacial score (nSPS) is 11.9. The molecule has 1 atom stereocenters. The maximum atomic E-state index is 12.1. The molecule has 0 aromatic heterocycles. The van der Waals surface area contributed by atoms with Gasteiger partial charge >= 0.3 is 0 Å². The van der Waals surface area contributed by atoms with E-state index < -0.39 is 0 Å². The van der Waals surface area contributed by atoms with E-state index in [-0.39, 0.29) is 18.6 Å². The van der Waals surface area contributed by atoms with E-state index in [4.69, 9.17) is 9.47 Å². The standard InChI is InChI=1S/C20H26N2O3/c1-15-5-7-16(8-6-15)19(22(2)3)13-21-20(23)14-25-18-11-9-17(24-4)10-12-18/h5-12,19H,13-14H2,1-4H3,(H,21,23). The lowest BCUT2D eigenvalue weighted by Gasteiger charge is -2.25. The molecule has 0 radical (unpaired) electrons. The highest BCUT2D eigenvalue weighted by Crippen LogP contribution is 2.18. The molecule has 5 heteroatoms. The lowest BCUT2D eigenvalue weighted by Crippen LogP contribution is -2.36. The maximum absolute atomic E-state index is 12.1. The highest BCUT2D eigenvalue weighted by Gasteiger charge is 2.15. The van der Waals surface area contributed by atoms with Gasteiger partial charge in [-0.05, 0) is 50.8 Å². The van der Waals surface area contributed by atoms with Gasteiger partial charge in [-0.2, -0.15) is 0 Å². The smallest absolute Gasteiger partial charge is 0.258 e. The molecule has 0 aliphatic carbocycles. The first-order chi connectivity index (χ1) is 12.0. The second-order valence-electron chi connectivity index (χ2n) is 6.16. The number of hydrogen-bond acceptors (Lipinski definition) is 4.